The van der Waals surface area contributed by atoms with Crippen LogP contribution in [0.3, 0.4) is 0 Å². The molecule has 1 aliphatic rings. The molecule has 0 aliphatic carbocycles. The number of aryl methyl sites for hydroxylation is 2. The van der Waals surface area contributed by atoms with Gasteiger partial charge in [-0.15, -0.1) is 0 Å². The van der Waals surface area contributed by atoms with Gasteiger partial charge in [0.1, 0.15) is 11.6 Å². The van der Waals surface area contributed by atoms with Crippen LogP contribution in [0.4, 0.5) is 0 Å². The van der Waals surface area contributed by atoms with E-state index in [2.05, 4.69) is 45.9 Å². The van der Waals surface area contributed by atoms with Crippen molar-refractivity contribution >= 4 is 11.0 Å². The maximum atomic E-state index is 5.64. The Morgan fingerprint density at radius 1 is 1.13 bits per heavy atom. The van der Waals surface area contributed by atoms with Gasteiger partial charge in [0.2, 0.25) is 0 Å². The highest BCUT2D eigenvalue weighted by molar-refractivity contribution is 5.84. The molecule has 1 fully saturated rings. The van der Waals surface area contributed by atoms with Crippen molar-refractivity contribution in [2.24, 2.45) is 0 Å². The summed E-state index contributed by atoms with van der Waals surface area (Å²) >= 11 is 0. The highest BCUT2D eigenvalue weighted by Crippen LogP contribution is 2.35. The van der Waals surface area contributed by atoms with E-state index in [1.807, 2.05) is 32.2 Å². The molecule has 6 heteroatoms. The lowest BCUT2D eigenvalue weighted by molar-refractivity contribution is 0.0696. The summed E-state index contributed by atoms with van der Waals surface area (Å²) in [5.41, 5.74) is 6.37. The average molecular weight is 417 g/mol. The summed E-state index contributed by atoms with van der Waals surface area (Å²) in [5.74, 6) is 2.22. The molecule has 0 amide bonds. The monoisotopic (exact) mass is 416 g/mol. The van der Waals surface area contributed by atoms with Gasteiger partial charge in [0, 0.05) is 42.6 Å². The fraction of sp³-hybridized carbons (Fsp3) is 0.400. The number of nitrogens with zero attached hydrogens (tertiary/aromatic N) is 4. The molecule has 0 saturated carbocycles. The van der Waals surface area contributed by atoms with Crippen LogP contribution in [0.2, 0.25) is 0 Å². The van der Waals surface area contributed by atoms with Gasteiger partial charge in [-0.05, 0) is 62.9 Å². The number of hydrogen-bond donors (Lipinski definition) is 0. The van der Waals surface area contributed by atoms with E-state index >= 15 is 0 Å². The third-order valence-corrected chi connectivity index (χ3v) is 6.28. The minimum absolute atomic E-state index is 0.257. The third kappa shape index (κ3) is 3.76. The zero-order valence-corrected chi connectivity index (χ0v) is 18.3. The molecule has 3 aromatic heterocycles. The maximum absolute atomic E-state index is 5.64. The molecule has 1 saturated heterocycles. The van der Waals surface area contributed by atoms with Crippen molar-refractivity contribution in [3.63, 3.8) is 0 Å². The van der Waals surface area contributed by atoms with Crippen LogP contribution in [0.15, 0.2) is 47.1 Å². The van der Waals surface area contributed by atoms with E-state index in [4.69, 9.17) is 14.2 Å². The summed E-state index contributed by atoms with van der Waals surface area (Å²) in [6.07, 6.45) is 4.75. The molecule has 0 spiro atoms. The van der Waals surface area contributed by atoms with Crippen LogP contribution < -0.4 is 0 Å². The first-order valence-corrected chi connectivity index (χ1v) is 11.0. The Hall–Kier alpha value is -2.99. The number of pyridine rings is 1. The Morgan fingerprint density at radius 3 is 2.68 bits per heavy atom. The van der Waals surface area contributed by atoms with Crippen molar-refractivity contribution in [2.45, 2.75) is 52.0 Å². The summed E-state index contributed by atoms with van der Waals surface area (Å²) < 4.78 is 13.5. The second kappa shape index (κ2) is 8.27. The van der Waals surface area contributed by atoms with E-state index in [1.54, 1.807) is 0 Å². The topological polar surface area (TPSA) is 66.0 Å². The SMILES string of the molecule is Cc1noc(C)c1-c1ccc2c(c1)nc(C(C)Cc1ccccn1)n2C1CCOCC1. The third-order valence-electron chi connectivity index (χ3n) is 6.28. The molecule has 0 radical (unpaired) electrons. The van der Waals surface area contributed by atoms with Gasteiger partial charge in [0.25, 0.3) is 0 Å². The number of aromatic nitrogens is 4. The lowest BCUT2D eigenvalue weighted by atomic mass is 10.0. The summed E-state index contributed by atoms with van der Waals surface area (Å²) in [6, 6.07) is 13.1. The van der Waals surface area contributed by atoms with Crippen LogP contribution in [0, 0.1) is 13.8 Å². The molecule has 1 atom stereocenters. The summed E-state index contributed by atoms with van der Waals surface area (Å²) in [6.45, 7) is 7.80. The number of benzene rings is 1. The van der Waals surface area contributed by atoms with Crippen LogP contribution >= 0.6 is 0 Å². The van der Waals surface area contributed by atoms with E-state index in [1.165, 1.54) is 5.52 Å². The van der Waals surface area contributed by atoms with Gasteiger partial charge in [0.15, 0.2) is 0 Å². The fourth-order valence-corrected chi connectivity index (χ4v) is 4.77. The first-order chi connectivity index (χ1) is 15.1. The number of fused-ring (bicyclic) bond motifs is 1. The standard InChI is InChI=1S/C25H28N4O2/c1-16(14-20-6-4-5-11-26-20)25-27-22-15-19(24-17(2)28-31-18(24)3)7-8-23(22)29(25)21-9-12-30-13-10-21/h4-8,11,15-16,21H,9-10,12-14H2,1-3H3. The zero-order chi connectivity index (χ0) is 21.4. The number of hydrogen-bond acceptors (Lipinski definition) is 5. The van der Waals surface area contributed by atoms with Crippen molar-refractivity contribution in [3.05, 3.63) is 65.6 Å². The fourth-order valence-electron chi connectivity index (χ4n) is 4.77. The first kappa shape index (κ1) is 19.9. The molecular formula is C25H28N4O2. The highest BCUT2D eigenvalue weighted by atomic mass is 16.5. The van der Waals surface area contributed by atoms with Crippen molar-refractivity contribution in [1.29, 1.82) is 0 Å². The molecule has 31 heavy (non-hydrogen) atoms. The van der Waals surface area contributed by atoms with E-state index < -0.39 is 0 Å². The van der Waals surface area contributed by atoms with Crippen molar-refractivity contribution in [2.75, 3.05) is 13.2 Å². The summed E-state index contributed by atoms with van der Waals surface area (Å²) in [5, 5.41) is 4.12. The molecule has 6 nitrogen and oxygen atoms in total. The summed E-state index contributed by atoms with van der Waals surface area (Å²) in [4.78, 5) is 9.69. The van der Waals surface area contributed by atoms with Crippen LogP contribution in [0.1, 0.15) is 54.7 Å². The minimum Gasteiger partial charge on any atom is -0.381 e. The molecule has 1 aliphatic heterocycles. The van der Waals surface area contributed by atoms with Crippen LogP contribution in [0.25, 0.3) is 22.2 Å². The van der Waals surface area contributed by atoms with Gasteiger partial charge < -0.3 is 13.8 Å². The lowest BCUT2D eigenvalue weighted by Gasteiger charge is -2.27. The minimum atomic E-state index is 0.257. The quantitative estimate of drug-likeness (QED) is 0.436. The van der Waals surface area contributed by atoms with Gasteiger partial charge in [-0.2, -0.15) is 0 Å². The van der Waals surface area contributed by atoms with E-state index in [9.17, 15) is 0 Å². The van der Waals surface area contributed by atoms with Gasteiger partial charge in [-0.3, -0.25) is 4.98 Å². The first-order valence-electron chi connectivity index (χ1n) is 11.0. The van der Waals surface area contributed by atoms with E-state index in [0.717, 1.165) is 72.1 Å². The number of ether oxygens (including phenoxy) is 1. The van der Waals surface area contributed by atoms with Crippen molar-refractivity contribution in [3.8, 4) is 11.1 Å². The molecule has 4 aromatic rings. The van der Waals surface area contributed by atoms with Gasteiger partial charge in [-0.1, -0.05) is 24.2 Å². The van der Waals surface area contributed by atoms with Crippen molar-refractivity contribution < 1.29 is 9.26 Å². The Morgan fingerprint density at radius 2 is 1.97 bits per heavy atom. The highest BCUT2D eigenvalue weighted by Gasteiger charge is 2.25. The predicted octanol–water partition coefficient (Wildman–Crippen LogP) is 5.40. The Labute approximate surface area is 182 Å². The molecule has 1 aromatic carbocycles. The van der Waals surface area contributed by atoms with E-state index in [-0.39, 0.29) is 5.92 Å². The smallest absolute Gasteiger partial charge is 0.141 e. The van der Waals surface area contributed by atoms with Crippen LogP contribution in [-0.4, -0.2) is 32.9 Å². The average Bonchev–Trinajstić information content (AvgIpc) is 3.34. The molecular weight excluding hydrogens is 388 g/mol. The van der Waals surface area contributed by atoms with Gasteiger partial charge in [-0.25, -0.2) is 4.98 Å². The molecule has 0 bridgehead atoms. The van der Waals surface area contributed by atoms with E-state index in [0.29, 0.717) is 6.04 Å². The zero-order valence-electron chi connectivity index (χ0n) is 18.3. The van der Waals surface area contributed by atoms with Gasteiger partial charge in [0.05, 0.1) is 16.7 Å². The Balaban J connectivity index is 1.60. The molecule has 160 valence electrons. The molecule has 1 unspecified atom stereocenters. The normalized spacial score (nSPS) is 16.1. The Kier molecular flexibility index (Phi) is 5.32. The van der Waals surface area contributed by atoms with Gasteiger partial charge >= 0.3 is 0 Å². The lowest BCUT2D eigenvalue weighted by Crippen LogP contribution is -2.22. The van der Waals surface area contributed by atoms with Crippen LogP contribution in [-0.2, 0) is 11.2 Å². The second-order valence-electron chi connectivity index (χ2n) is 8.51. The number of imidazole rings is 1. The number of rotatable bonds is 5. The largest absolute Gasteiger partial charge is 0.381 e. The molecule has 0 N–H and O–H groups in total. The second-order valence-corrected chi connectivity index (χ2v) is 8.51. The molecule has 4 heterocycles. The van der Waals surface area contributed by atoms with Crippen molar-refractivity contribution in [1.82, 2.24) is 19.7 Å². The summed E-state index contributed by atoms with van der Waals surface area (Å²) in [7, 11) is 0. The van der Waals surface area contributed by atoms with Crippen LogP contribution in [0.5, 0.6) is 0 Å². The maximum Gasteiger partial charge on any atom is 0.141 e. The predicted molar refractivity (Wildman–Crippen MR) is 120 cm³/mol. The Bertz CT molecular complexity index is 1170. The molecule has 5 rings (SSSR count).